The Labute approximate surface area is 229 Å². The average Bonchev–Trinajstić information content (AvgIpc) is 3.00. The number of hydrogen-bond acceptors (Lipinski definition) is 8. The van der Waals surface area contributed by atoms with Gasteiger partial charge in [-0.25, -0.2) is 4.79 Å². The van der Waals surface area contributed by atoms with Crippen LogP contribution in [0, 0.1) is 0 Å². The molecule has 4 aromatic rings. The van der Waals surface area contributed by atoms with E-state index in [1.165, 1.54) is 0 Å². The number of carbonyl (C=O) groups is 2. The second kappa shape index (κ2) is 12.9. The number of carbonyl (C=O) groups excluding carboxylic acids is 2. The summed E-state index contributed by atoms with van der Waals surface area (Å²) in [5.41, 5.74) is -1.06. The van der Waals surface area contributed by atoms with E-state index in [-0.39, 0.29) is 0 Å². The van der Waals surface area contributed by atoms with Crippen molar-refractivity contribution < 1.29 is 28.9 Å². The Hall–Kier alpha value is -4.64. The van der Waals surface area contributed by atoms with Gasteiger partial charge in [-0.3, -0.25) is 14.3 Å². The number of aliphatic hydroxyl groups excluding tert-OH is 1. The molecule has 0 unspecified atom stereocenters. The van der Waals surface area contributed by atoms with Gasteiger partial charge in [-0.05, 0) is 28.8 Å². The molecule has 0 saturated heterocycles. The standard InChI is InChI=1S/C30H28N2O8/c1-38-24-14-12-23(13-15-24)30(21-8-4-2-5-9-21,22-10-6-3-7-11-22)40-26(20-35)28(39-25(18-33)19-34)32-17-16-27(36)31-29(32)37/h2-18,20,25-26,28,34H,19H2,1H3,(H,31,36,37)/t25-,26+,28+/m0/s1. The normalized spacial score (nSPS) is 13.7. The monoisotopic (exact) mass is 544 g/mol. The number of aromatic amines is 1. The van der Waals surface area contributed by atoms with Crippen molar-refractivity contribution >= 4 is 12.6 Å². The first-order valence-corrected chi connectivity index (χ1v) is 12.4. The van der Waals surface area contributed by atoms with E-state index in [0.717, 1.165) is 16.8 Å². The molecule has 40 heavy (non-hydrogen) atoms. The molecule has 0 spiro atoms. The van der Waals surface area contributed by atoms with E-state index in [1.54, 1.807) is 31.4 Å². The van der Waals surface area contributed by atoms with E-state index in [4.69, 9.17) is 14.2 Å². The van der Waals surface area contributed by atoms with E-state index in [9.17, 15) is 24.3 Å². The molecule has 0 bridgehead atoms. The fraction of sp³-hybridized carbons (Fsp3) is 0.200. The summed E-state index contributed by atoms with van der Waals surface area (Å²) in [6, 6.07) is 26.5. The van der Waals surface area contributed by atoms with Gasteiger partial charge >= 0.3 is 5.69 Å². The van der Waals surface area contributed by atoms with E-state index >= 15 is 0 Å². The number of ether oxygens (including phenoxy) is 3. The molecule has 0 radical (unpaired) electrons. The molecule has 2 N–H and O–H groups in total. The predicted octanol–water partition coefficient (Wildman–Crippen LogP) is 2.20. The van der Waals surface area contributed by atoms with Gasteiger partial charge < -0.3 is 28.9 Å². The van der Waals surface area contributed by atoms with Gasteiger partial charge in [-0.2, -0.15) is 0 Å². The maximum atomic E-state index is 12.8. The van der Waals surface area contributed by atoms with Crippen molar-refractivity contribution in [2.45, 2.75) is 24.0 Å². The first-order chi connectivity index (χ1) is 19.5. The first-order valence-electron chi connectivity index (χ1n) is 12.4. The summed E-state index contributed by atoms with van der Waals surface area (Å²) in [6.07, 6.45) is -2.54. The smallest absolute Gasteiger partial charge is 0.330 e. The zero-order chi connectivity index (χ0) is 28.5. The summed E-state index contributed by atoms with van der Waals surface area (Å²) in [4.78, 5) is 51.0. The molecular formula is C30H28N2O8. The highest BCUT2D eigenvalue weighted by molar-refractivity contribution is 5.59. The highest BCUT2D eigenvalue weighted by Gasteiger charge is 2.43. The minimum atomic E-state index is -1.55. The molecule has 10 nitrogen and oxygen atoms in total. The third kappa shape index (κ3) is 5.84. The quantitative estimate of drug-likeness (QED) is 0.193. The summed E-state index contributed by atoms with van der Waals surface area (Å²) >= 11 is 0. The summed E-state index contributed by atoms with van der Waals surface area (Å²) in [5.74, 6) is 0.600. The Morgan fingerprint density at radius 2 is 1.43 bits per heavy atom. The molecule has 4 rings (SSSR count). The van der Waals surface area contributed by atoms with Crippen LogP contribution in [0.2, 0.25) is 0 Å². The lowest BCUT2D eigenvalue weighted by atomic mass is 9.79. The van der Waals surface area contributed by atoms with Crippen LogP contribution < -0.4 is 16.0 Å². The minimum absolute atomic E-state index is 0.344. The maximum absolute atomic E-state index is 12.8. The lowest BCUT2D eigenvalue weighted by molar-refractivity contribution is -0.176. The van der Waals surface area contributed by atoms with Crippen LogP contribution in [0.5, 0.6) is 5.75 Å². The zero-order valence-corrected chi connectivity index (χ0v) is 21.6. The molecule has 3 aromatic carbocycles. The molecule has 0 amide bonds. The first kappa shape index (κ1) is 28.4. The van der Waals surface area contributed by atoms with Gasteiger partial charge in [0, 0.05) is 12.3 Å². The zero-order valence-electron chi connectivity index (χ0n) is 21.6. The lowest BCUT2D eigenvalue weighted by Gasteiger charge is -2.40. The van der Waals surface area contributed by atoms with Crippen LogP contribution in [0.15, 0.2) is 107 Å². The Kier molecular flexibility index (Phi) is 9.18. The van der Waals surface area contributed by atoms with Gasteiger partial charge in [0.2, 0.25) is 0 Å². The van der Waals surface area contributed by atoms with Crippen molar-refractivity contribution in [2.75, 3.05) is 13.7 Å². The number of hydrogen-bond donors (Lipinski definition) is 2. The second-order valence-electron chi connectivity index (χ2n) is 8.76. The molecule has 206 valence electrons. The number of aldehydes is 2. The Balaban J connectivity index is 1.97. The summed E-state index contributed by atoms with van der Waals surface area (Å²) < 4.78 is 18.7. The van der Waals surface area contributed by atoms with Crippen molar-refractivity contribution in [3.63, 3.8) is 0 Å². The number of aliphatic hydroxyl groups is 1. The van der Waals surface area contributed by atoms with Crippen molar-refractivity contribution in [1.82, 2.24) is 9.55 Å². The number of nitrogens with one attached hydrogen (secondary N) is 1. The molecular weight excluding hydrogens is 516 g/mol. The fourth-order valence-corrected chi connectivity index (χ4v) is 4.46. The van der Waals surface area contributed by atoms with Crippen LogP contribution in [-0.4, -0.2) is 53.2 Å². The van der Waals surface area contributed by atoms with Crippen molar-refractivity contribution in [1.29, 1.82) is 0 Å². The average molecular weight is 545 g/mol. The van der Waals surface area contributed by atoms with Gasteiger partial charge in [0.25, 0.3) is 5.56 Å². The topological polar surface area (TPSA) is 137 Å². The molecule has 0 fully saturated rings. The van der Waals surface area contributed by atoms with Crippen molar-refractivity contribution in [2.24, 2.45) is 0 Å². The molecule has 0 aliphatic carbocycles. The van der Waals surface area contributed by atoms with E-state index in [1.807, 2.05) is 60.7 Å². The Morgan fingerprint density at radius 1 is 0.850 bits per heavy atom. The Bertz CT molecular complexity index is 1480. The van der Waals surface area contributed by atoms with Crippen LogP contribution in [0.1, 0.15) is 22.9 Å². The molecule has 0 aliphatic rings. The summed E-state index contributed by atoms with van der Waals surface area (Å²) in [6.45, 7) is -0.718. The number of aromatic nitrogens is 2. The fourth-order valence-electron chi connectivity index (χ4n) is 4.46. The van der Waals surface area contributed by atoms with Gasteiger partial charge in [-0.1, -0.05) is 72.8 Å². The molecule has 1 heterocycles. The SMILES string of the molecule is COc1ccc(C(O[C@H](C=O)[C@@H](O[C@@H](C=O)CO)n2ccc(=O)[nH]c2=O)(c2ccccc2)c2ccccc2)cc1. The molecule has 3 atom stereocenters. The third-order valence-electron chi connectivity index (χ3n) is 6.36. The van der Waals surface area contributed by atoms with Crippen LogP contribution in [0.4, 0.5) is 0 Å². The summed E-state index contributed by atoms with van der Waals surface area (Å²) in [5, 5.41) is 9.66. The highest BCUT2D eigenvalue weighted by atomic mass is 16.6. The number of H-pyrrole nitrogens is 1. The van der Waals surface area contributed by atoms with Crippen LogP contribution in [0.25, 0.3) is 0 Å². The van der Waals surface area contributed by atoms with E-state index < -0.39 is 41.9 Å². The van der Waals surface area contributed by atoms with Gasteiger partial charge in [0.05, 0.1) is 13.7 Å². The molecule has 1 aromatic heterocycles. The molecule has 0 aliphatic heterocycles. The van der Waals surface area contributed by atoms with Crippen molar-refractivity contribution in [3.8, 4) is 5.75 Å². The van der Waals surface area contributed by atoms with Gasteiger partial charge in [0.1, 0.15) is 17.5 Å². The lowest BCUT2D eigenvalue weighted by Crippen LogP contribution is -2.46. The highest BCUT2D eigenvalue weighted by Crippen LogP contribution is 2.43. The van der Waals surface area contributed by atoms with Crippen LogP contribution in [0.3, 0.4) is 0 Å². The summed E-state index contributed by atoms with van der Waals surface area (Å²) in [7, 11) is 1.55. The van der Waals surface area contributed by atoms with Gasteiger partial charge in [0.15, 0.2) is 24.9 Å². The molecule has 10 heteroatoms. The maximum Gasteiger partial charge on any atom is 0.330 e. The number of benzene rings is 3. The van der Waals surface area contributed by atoms with E-state index in [0.29, 0.717) is 35.0 Å². The largest absolute Gasteiger partial charge is 0.497 e. The predicted molar refractivity (Wildman–Crippen MR) is 145 cm³/mol. The second-order valence-corrected chi connectivity index (χ2v) is 8.76. The van der Waals surface area contributed by atoms with Crippen molar-refractivity contribution in [3.05, 3.63) is 135 Å². The third-order valence-corrected chi connectivity index (χ3v) is 6.36. The Morgan fingerprint density at radius 3 is 1.90 bits per heavy atom. The van der Waals surface area contributed by atoms with Crippen LogP contribution in [-0.2, 0) is 24.7 Å². The number of methoxy groups -OCH3 is 1. The van der Waals surface area contributed by atoms with Crippen LogP contribution >= 0.6 is 0 Å². The number of nitrogens with zero attached hydrogens (tertiary/aromatic N) is 1. The van der Waals surface area contributed by atoms with Gasteiger partial charge in [-0.15, -0.1) is 0 Å². The number of rotatable bonds is 13. The van der Waals surface area contributed by atoms with E-state index in [2.05, 4.69) is 4.98 Å². The molecule has 0 saturated carbocycles. The minimum Gasteiger partial charge on any atom is -0.497 e.